The number of aromatic nitrogens is 1. The van der Waals surface area contributed by atoms with Gasteiger partial charge in [0.05, 0.1) is 5.69 Å². The van der Waals surface area contributed by atoms with Gasteiger partial charge in [0.25, 0.3) is 0 Å². The van der Waals surface area contributed by atoms with Crippen LogP contribution in [0.25, 0.3) is 0 Å². The lowest BCUT2D eigenvalue weighted by Gasteiger charge is -2.30. The van der Waals surface area contributed by atoms with E-state index >= 15 is 0 Å². The van der Waals surface area contributed by atoms with Gasteiger partial charge in [0.2, 0.25) is 0 Å². The first-order valence-corrected chi connectivity index (χ1v) is 6.84. The summed E-state index contributed by atoms with van der Waals surface area (Å²) in [7, 11) is 0. The fourth-order valence-corrected chi connectivity index (χ4v) is 3.14. The molecule has 0 bridgehead atoms. The van der Waals surface area contributed by atoms with Gasteiger partial charge in [0, 0.05) is 23.9 Å². The van der Waals surface area contributed by atoms with Crippen molar-refractivity contribution in [2.45, 2.75) is 43.5 Å². The predicted octanol–water partition coefficient (Wildman–Crippen LogP) is 2.44. The quantitative estimate of drug-likeness (QED) is 0.855. The van der Waals surface area contributed by atoms with Crippen LogP contribution in [-0.4, -0.2) is 22.7 Å². The highest BCUT2D eigenvalue weighted by Crippen LogP contribution is 2.27. The molecule has 84 valence electrons. The first-order valence-electron chi connectivity index (χ1n) is 5.55. The minimum absolute atomic E-state index is 0.644. The summed E-state index contributed by atoms with van der Waals surface area (Å²) in [5.74, 6) is 0. The summed E-state index contributed by atoms with van der Waals surface area (Å²) in [6, 6.07) is 2.56. The Morgan fingerprint density at radius 1 is 1.53 bits per heavy atom. The van der Waals surface area contributed by atoms with E-state index in [1.807, 2.05) is 17.8 Å². The molecular weight excluding hydrogens is 208 g/mol. The zero-order valence-electron chi connectivity index (χ0n) is 9.11. The van der Waals surface area contributed by atoms with Crippen LogP contribution in [0.3, 0.4) is 0 Å². The van der Waals surface area contributed by atoms with E-state index in [2.05, 4.69) is 16.7 Å². The minimum Gasteiger partial charge on any atom is -0.364 e. The molecule has 2 atom stereocenters. The lowest BCUT2D eigenvalue weighted by Crippen LogP contribution is -2.39. The van der Waals surface area contributed by atoms with Crippen LogP contribution in [0.5, 0.6) is 0 Å². The van der Waals surface area contributed by atoms with Crippen molar-refractivity contribution in [1.29, 1.82) is 0 Å². The summed E-state index contributed by atoms with van der Waals surface area (Å²) < 4.78 is 4.81. The molecule has 15 heavy (non-hydrogen) atoms. The van der Waals surface area contributed by atoms with Crippen molar-refractivity contribution in [3.8, 4) is 0 Å². The van der Waals surface area contributed by atoms with Crippen molar-refractivity contribution >= 4 is 11.8 Å². The molecule has 0 radical (unpaired) electrons. The molecule has 4 heteroatoms. The number of rotatable bonds is 4. The van der Waals surface area contributed by atoms with Gasteiger partial charge >= 0.3 is 0 Å². The first kappa shape index (κ1) is 11.0. The van der Waals surface area contributed by atoms with Crippen molar-refractivity contribution in [3.63, 3.8) is 0 Å². The third kappa shape index (κ3) is 2.98. The van der Waals surface area contributed by atoms with Gasteiger partial charge in [-0.3, -0.25) is 0 Å². The Labute approximate surface area is 95.0 Å². The molecule has 1 aromatic heterocycles. The maximum atomic E-state index is 4.81. The van der Waals surface area contributed by atoms with E-state index in [-0.39, 0.29) is 0 Å². The van der Waals surface area contributed by atoms with E-state index in [1.165, 1.54) is 25.7 Å². The van der Waals surface area contributed by atoms with Crippen molar-refractivity contribution in [1.82, 2.24) is 10.5 Å². The maximum Gasteiger partial charge on any atom is 0.124 e. The molecule has 1 N–H and O–H groups in total. The Bertz CT molecular complexity index is 276. The Hall–Kier alpha value is -0.480. The molecule has 1 heterocycles. The van der Waals surface area contributed by atoms with Gasteiger partial charge in [-0.25, -0.2) is 0 Å². The molecule has 1 aliphatic rings. The van der Waals surface area contributed by atoms with Gasteiger partial charge in [-0.1, -0.05) is 18.0 Å². The summed E-state index contributed by atoms with van der Waals surface area (Å²) in [5, 5.41) is 8.26. The Morgan fingerprint density at radius 2 is 2.40 bits per heavy atom. The second kappa shape index (κ2) is 5.56. The largest absolute Gasteiger partial charge is 0.364 e. The summed E-state index contributed by atoms with van der Waals surface area (Å²) in [6.45, 7) is 0.832. The van der Waals surface area contributed by atoms with Gasteiger partial charge in [-0.2, -0.15) is 11.8 Å². The van der Waals surface area contributed by atoms with Crippen LogP contribution in [0.2, 0.25) is 0 Å². The van der Waals surface area contributed by atoms with Crippen LogP contribution < -0.4 is 5.32 Å². The number of thioether (sulfide) groups is 1. The molecule has 1 saturated carbocycles. The molecule has 2 rings (SSSR count). The highest BCUT2D eigenvalue weighted by atomic mass is 32.2. The lowest BCUT2D eigenvalue weighted by molar-refractivity contribution is 0.370. The lowest BCUT2D eigenvalue weighted by atomic mass is 9.95. The van der Waals surface area contributed by atoms with Gasteiger partial charge < -0.3 is 9.84 Å². The number of hydrogen-bond donors (Lipinski definition) is 1. The van der Waals surface area contributed by atoms with Crippen molar-refractivity contribution in [2.24, 2.45) is 0 Å². The second-order valence-electron chi connectivity index (χ2n) is 4.04. The van der Waals surface area contributed by atoms with E-state index in [4.69, 9.17) is 4.52 Å². The average molecular weight is 226 g/mol. The van der Waals surface area contributed by atoms with Crippen LogP contribution in [0, 0.1) is 0 Å². The van der Waals surface area contributed by atoms with Crippen molar-refractivity contribution in [2.75, 3.05) is 6.26 Å². The van der Waals surface area contributed by atoms with E-state index in [0.29, 0.717) is 6.04 Å². The number of nitrogens with zero attached hydrogens (tertiary/aromatic N) is 1. The summed E-state index contributed by atoms with van der Waals surface area (Å²) in [4.78, 5) is 0. The van der Waals surface area contributed by atoms with Crippen molar-refractivity contribution in [3.05, 3.63) is 18.0 Å². The number of nitrogens with one attached hydrogen (secondary N) is 1. The van der Waals surface area contributed by atoms with E-state index in [0.717, 1.165) is 17.5 Å². The van der Waals surface area contributed by atoms with Gasteiger partial charge in [0.1, 0.15) is 6.26 Å². The Balaban J connectivity index is 1.81. The molecule has 0 saturated heterocycles. The smallest absolute Gasteiger partial charge is 0.124 e. The molecule has 0 amide bonds. The SMILES string of the molecule is CSC1CCCCC1NCc1ccon1. The molecule has 2 unspecified atom stereocenters. The Morgan fingerprint density at radius 3 is 3.13 bits per heavy atom. The van der Waals surface area contributed by atoms with E-state index in [1.54, 1.807) is 6.26 Å². The van der Waals surface area contributed by atoms with E-state index < -0.39 is 0 Å². The van der Waals surface area contributed by atoms with Gasteiger partial charge in [0.15, 0.2) is 0 Å². The molecule has 1 aliphatic carbocycles. The molecule has 0 spiro atoms. The normalized spacial score (nSPS) is 26.7. The third-order valence-corrected chi connectivity index (χ3v) is 4.21. The van der Waals surface area contributed by atoms with Crippen LogP contribution in [0.1, 0.15) is 31.4 Å². The molecule has 1 aromatic rings. The highest BCUT2D eigenvalue weighted by molar-refractivity contribution is 7.99. The summed E-state index contributed by atoms with van der Waals surface area (Å²) in [5.41, 5.74) is 1.00. The summed E-state index contributed by atoms with van der Waals surface area (Å²) >= 11 is 1.98. The van der Waals surface area contributed by atoms with Crippen LogP contribution in [0.4, 0.5) is 0 Å². The van der Waals surface area contributed by atoms with Gasteiger partial charge in [-0.05, 0) is 19.1 Å². The Kier molecular flexibility index (Phi) is 4.09. The fourth-order valence-electron chi connectivity index (χ4n) is 2.18. The van der Waals surface area contributed by atoms with Gasteiger partial charge in [-0.15, -0.1) is 0 Å². The molecule has 1 fully saturated rings. The molecular formula is C11H18N2OS. The second-order valence-corrected chi connectivity index (χ2v) is 5.11. The first-order chi connectivity index (χ1) is 7.40. The standard InChI is InChI=1S/C11H18N2OS/c1-15-11-5-3-2-4-10(11)12-8-9-6-7-14-13-9/h6-7,10-12H,2-5,8H2,1H3. The number of hydrogen-bond acceptors (Lipinski definition) is 4. The molecule has 0 aliphatic heterocycles. The van der Waals surface area contributed by atoms with Crippen LogP contribution >= 0.6 is 11.8 Å². The molecule has 0 aromatic carbocycles. The zero-order valence-corrected chi connectivity index (χ0v) is 9.93. The maximum absolute atomic E-state index is 4.81. The zero-order chi connectivity index (χ0) is 10.5. The summed E-state index contributed by atoms with van der Waals surface area (Å²) in [6.07, 6.45) is 9.22. The average Bonchev–Trinajstić information content (AvgIpc) is 2.79. The third-order valence-electron chi connectivity index (χ3n) is 3.04. The topological polar surface area (TPSA) is 38.1 Å². The minimum atomic E-state index is 0.644. The van der Waals surface area contributed by atoms with Crippen molar-refractivity contribution < 1.29 is 4.52 Å². The monoisotopic (exact) mass is 226 g/mol. The fraction of sp³-hybridized carbons (Fsp3) is 0.727. The van der Waals surface area contributed by atoms with Crippen LogP contribution in [-0.2, 0) is 6.54 Å². The predicted molar refractivity (Wildman–Crippen MR) is 62.9 cm³/mol. The van der Waals surface area contributed by atoms with E-state index in [9.17, 15) is 0 Å². The highest BCUT2D eigenvalue weighted by Gasteiger charge is 2.23. The molecule has 3 nitrogen and oxygen atoms in total. The van der Waals surface area contributed by atoms with Crippen LogP contribution in [0.15, 0.2) is 16.9 Å².